The van der Waals surface area contributed by atoms with Crippen molar-refractivity contribution in [1.29, 1.82) is 0 Å². The molecule has 0 aromatic heterocycles. The van der Waals surface area contributed by atoms with Crippen molar-refractivity contribution in [2.45, 2.75) is 46.0 Å². The molecule has 0 radical (unpaired) electrons. The van der Waals surface area contributed by atoms with E-state index < -0.39 is 10.0 Å². The average Bonchev–Trinajstić information content (AvgIpc) is 3.20. The van der Waals surface area contributed by atoms with E-state index in [1.807, 2.05) is 0 Å². The first-order valence-electron chi connectivity index (χ1n) is 8.01. The summed E-state index contributed by atoms with van der Waals surface area (Å²) in [5.74, 6) is 1.37. The Morgan fingerprint density at radius 3 is 2.55 bits per heavy atom. The maximum atomic E-state index is 11.7. The molecule has 2 fully saturated rings. The van der Waals surface area contributed by atoms with Gasteiger partial charge in [0.25, 0.3) is 0 Å². The third-order valence-electron chi connectivity index (χ3n) is 5.05. The summed E-state index contributed by atoms with van der Waals surface area (Å²) >= 11 is 0. The fraction of sp³-hybridized carbons (Fsp3) is 1.00. The molecule has 2 unspecified atom stereocenters. The largest absolute Gasteiger partial charge is 0.316 e. The van der Waals surface area contributed by atoms with Crippen LogP contribution >= 0.6 is 0 Å². The molecule has 1 aliphatic carbocycles. The number of hydrogen-bond donors (Lipinski definition) is 1. The van der Waals surface area contributed by atoms with Crippen LogP contribution in [0.5, 0.6) is 0 Å². The second-order valence-electron chi connectivity index (χ2n) is 7.04. The molecule has 2 atom stereocenters. The van der Waals surface area contributed by atoms with Crippen LogP contribution in [0.2, 0.25) is 0 Å². The zero-order valence-electron chi connectivity index (χ0n) is 13.2. The van der Waals surface area contributed by atoms with Crippen molar-refractivity contribution in [3.8, 4) is 0 Å². The molecule has 1 saturated carbocycles. The molecule has 118 valence electrons. The second-order valence-corrected chi connectivity index (χ2v) is 9.02. The molecule has 5 heteroatoms. The van der Waals surface area contributed by atoms with E-state index in [1.54, 1.807) is 4.31 Å². The van der Waals surface area contributed by atoms with Crippen LogP contribution in [-0.2, 0) is 10.0 Å². The average molecular weight is 302 g/mol. The van der Waals surface area contributed by atoms with Crippen LogP contribution in [0.15, 0.2) is 0 Å². The maximum absolute atomic E-state index is 11.7. The smallest absolute Gasteiger partial charge is 0.211 e. The molecule has 1 N–H and O–H groups in total. The fourth-order valence-corrected chi connectivity index (χ4v) is 4.67. The number of nitrogens with one attached hydrogen (secondary N) is 1. The predicted molar refractivity (Wildman–Crippen MR) is 83.1 cm³/mol. The van der Waals surface area contributed by atoms with Crippen molar-refractivity contribution in [2.75, 3.05) is 32.4 Å². The van der Waals surface area contributed by atoms with Gasteiger partial charge >= 0.3 is 0 Å². The van der Waals surface area contributed by atoms with E-state index in [-0.39, 0.29) is 0 Å². The molecule has 2 aliphatic rings. The van der Waals surface area contributed by atoms with E-state index in [0.29, 0.717) is 17.9 Å². The summed E-state index contributed by atoms with van der Waals surface area (Å²) in [7, 11) is -3.02. The van der Waals surface area contributed by atoms with Gasteiger partial charge in [0.05, 0.1) is 6.26 Å². The summed E-state index contributed by atoms with van der Waals surface area (Å²) in [5.41, 5.74) is 0.348. The Balaban J connectivity index is 1.96. The number of nitrogens with zero attached hydrogens (tertiary/aromatic N) is 1. The molecule has 0 spiro atoms. The summed E-state index contributed by atoms with van der Waals surface area (Å²) in [6.07, 6.45) is 7.40. The highest BCUT2D eigenvalue weighted by molar-refractivity contribution is 7.88. The van der Waals surface area contributed by atoms with Gasteiger partial charge in [-0.05, 0) is 55.9 Å². The lowest BCUT2D eigenvalue weighted by Crippen LogP contribution is -2.43. The van der Waals surface area contributed by atoms with Crippen molar-refractivity contribution >= 4 is 10.0 Å². The van der Waals surface area contributed by atoms with Gasteiger partial charge < -0.3 is 5.32 Å². The van der Waals surface area contributed by atoms with Crippen LogP contribution in [-0.4, -0.2) is 45.2 Å². The molecule has 0 bridgehead atoms. The van der Waals surface area contributed by atoms with Gasteiger partial charge in [-0.2, -0.15) is 0 Å². The van der Waals surface area contributed by atoms with Crippen molar-refractivity contribution in [3.05, 3.63) is 0 Å². The maximum Gasteiger partial charge on any atom is 0.211 e. The Morgan fingerprint density at radius 2 is 2.00 bits per heavy atom. The van der Waals surface area contributed by atoms with Gasteiger partial charge in [0, 0.05) is 19.6 Å². The van der Waals surface area contributed by atoms with Crippen LogP contribution in [0.3, 0.4) is 0 Å². The lowest BCUT2D eigenvalue weighted by molar-refractivity contribution is 0.152. The van der Waals surface area contributed by atoms with E-state index in [4.69, 9.17) is 0 Å². The number of rotatable bonds is 7. The quantitative estimate of drug-likeness (QED) is 0.783. The zero-order valence-corrected chi connectivity index (χ0v) is 14.0. The Kier molecular flexibility index (Phi) is 5.14. The minimum Gasteiger partial charge on any atom is -0.316 e. The Morgan fingerprint density at radius 1 is 1.30 bits per heavy atom. The molecule has 1 aliphatic heterocycles. The molecular weight excluding hydrogens is 272 g/mol. The highest BCUT2D eigenvalue weighted by atomic mass is 32.2. The van der Waals surface area contributed by atoms with Crippen molar-refractivity contribution < 1.29 is 8.42 Å². The van der Waals surface area contributed by atoms with Crippen molar-refractivity contribution in [3.63, 3.8) is 0 Å². The topological polar surface area (TPSA) is 49.4 Å². The molecule has 1 saturated heterocycles. The van der Waals surface area contributed by atoms with Crippen LogP contribution in [0.1, 0.15) is 46.0 Å². The molecule has 0 amide bonds. The van der Waals surface area contributed by atoms with Gasteiger partial charge in [0.1, 0.15) is 0 Å². The lowest BCUT2D eigenvalue weighted by Gasteiger charge is -2.38. The Labute approximate surface area is 124 Å². The highest BCUT2D eigenvalue weighted by Gasteiger charge is 2.43. The van der Waals surface area contributed by atoms with Crippen LogP contribution in [0, 0.1) is 17.3 Å². The molecular formula is C15H30N2O2S. The molecule has 2 rings (SSSR count). The molecule has 20 heavy (non-hydrogen) atoms. The zero-order chi connectivity index (χ0) is 14.8. The monoisotopic (exact) mass is 302 g/mol. The number of hydrogen-bond acceptors (Lipinski definition) is 3. The van der Waals surface area contributed by atoms with Gasteiger partial charge in [-0.25, -0.2) is 12.7 Å². The van der Waals surface area contributed by atoms with Crippen LogP contribution < -0.4 is 5.32 Å². The summed E-state index contributed by atoms with van der Waals surface area (Å²) in [6, 6.07) is 0. The Bertz CT molecular complexity index is 420. The second kappa shape index (κ2) is 6.32. The van der Waals surface area contributed by atoms with Gasteiger partial charge in [0.2, 0.25) is 10.0 Å². The third kappa shape index (κ3) is 4.18. The summed E-state index contributed by atoms with van der Waals surface area (Å²) < 4.78 is 25.1. The predicted octanol–water partition coefficient (Wildman–Crippen LogP) is 2.07. The van der Waals surface area contributed by atoms with Gasteiger partial charge in [0.15, 0.2) is 0 Å². The van der Waals surface area contributed by atoms with Crippen LogP contribution in [0.25, 0.3) is 0 Å². The highest BCUT2D eigenvalue weighted by Crippen LogP contribution is 2.49. The SMILES string of the molecule is CCNCC(C)(CC1CCCN(S(C)(=O)=O)C1)C1CC1. The van der Waals surface area contributed by atoms with Crippen LogP contribution in [0.4, 0.5) is 0 Å². The van der Waals surface area contributed by atoms with E-state index in [9.17, 15) is 8.42 Å². The fourth-order valence-electron chi connectivity index (χ4n) is 3.73. The minimum atomic E-state index is -3.02. The minimum absolute atomic E-state index is 0.348. The van der Waals surface area contributed by atoms with Crippen molar-refractivity contribution in [2.24, 2.45) is 17.3 Å². The molecule has 0 aromatic carbocycles. The summed E-state index contributed by atoms with van der Waals surface area (Å²) in [4.78, 5) is 0. The van der Waals surface area contributed by atoms with Gasteiger partial charge in [-0.15, -0.1) is 0 Å². The third-order valence-corrected chi connectivity index (χ3v) is 6.32. The normalized spacial score (nSPS) is 28.2. The first-order valence-corrected chi connectivity index (χ1v) is 9.86. The van der Waals surface area contributed by atoms with Crippen molar-refractivity contribution in [1.82, 2.24) is 9.62 Å². The summed E-state index contributed by atoms with van der Waals surface area (Å²) in [5, 5.41) is 3.51. The van der Waals surface area contributed by atoms with Gasteiger partial charge in [-0.1, -0.05) is 13.8 Å². The van der Waals surface area contributed by atoms with E-state index in [2.05, 4.69) is 19.2 Å². The molecule has 4 nitrogen and oxygen atoms in total. The van der Waals surface area contributed by atoms with Gasteiger partial charge in [-0.3, -0.25) is 0 Å². The van der Waals surface area contributed by atoms with E-state index in [0.717, 1.165) is 38.4 Å². The summed E-state index contributed by atoms with van der Waals surface area (Å²) in [6.45, 7) is 8.08. The lowest BCUT2D eigenvalue weighted by atomic mass is 9.75. The standard InChI is InChI=1S/C15H30N2O2S/c1-4-16-12-15(2,14-7-8-14)10-13-6-5-9-17(11-13)20(3,18)19/h13-14,16H,4-12H2,1-3H3. The first-order chi connectivity index (χ1) is 9.35. The molecule has 0 aromatic rings. The number of piperidine rings is 1. The van der Waals surface area contributed by atoms with E-state index in [1.165, 1.54) is 25.5 Å². The Hall–Kier alpha value is -0.130. The van der Waals surface area contributed by atoms with E-state index >= 15 is 0 Å². The first kappa shape index (κ1) is 16.2. The molecule has 1 heterocycles. The number of sulfonamides is 1.